The van der Waals surface area contributed by atoms with Crippen LogP contribution in [-0.4, -0.2) is 46.9 Å². The van der Waals surface area contributed by atoms with E-state index in [1.54, 1.807) is 31.0 Å². The Morgan fingerprint density at radius 1 is 1.27 bits per heavy atom. The third-order valence-corrected chi connectivity index (χ3v) is 6.99. The number of para-hydroxylation sites is 1. The molecule has 3 heterocycles. The average Bonchev–Trinajstić information content (AvgIpc) is 3.62. The first-order valence-corrected chi connectivity index (χ1v) is 11.8. The number of hydrogen-bond acceptors (Lipinski definition) is 7. The van der Waals surface area contributed by atoms with Crippen LogP contribution in [0.1, 0.15) is 26.2 Å². The maximum absolute atomic E-state index is 12.8. The van der Waals surface area contributed by atoms with Crippen LogP contribution in [0.25, 0.3) is 10.9 Å². The number of hydrogen-bond donors (Lipinski definition) is 2. The second kappa shape index (κ2) is 8.83. The highest BCUT2D eigenvalue weighted by atomic mass is 35.5. The molecule has 0 radical (unpaired) electrons. The summed E-state index contributed by atoms with van der Waals surface area (Å²) in [6.07, 6.45) is 5.13. The first-order valence-electron chi connectivity index (χ1n) is 11.4. The van der Waals surface area contributed by atoms with Gasteiger partial charge >= 0.3 is 0 Å². The van der Waals surface area contributed by atoms with Gasteiger partial charge in [-0.1, -0.05) is 23.7 Å². The molecule has 0 spiro atoms. The van der Waals surface area contributed by atoms with Crippen LogP contribution in [0, 0.1) is 5.92 Å². The minimum atomic E-state index is -0.0697. The van der Waals surface area contributed by atoms with E-state index in [9.17, 15) is 4.79 Å². The molecule has 1 aromatic carbocycles. The molecule has 2 N–H and O–H groups in total. The van der Waals surface area contributed by atoms with Gasteiger partial charge in [-0.25, -0.2) is 4.98 Å². The standard InChI is InChI=1S/C24H29ClN6O2/c1-14(15-7-8-15)27-20-11-21(32)30(2)22-17(20)5-4-6-19(22)28-23-18(25)12-26-24(29-23)31-10-9-16(31)13-33-3/h4-6,11-12,14-16,27H,7-10,13H2,1-3H3,(H,26,28,29)/t14-,16?/m1/s1. The molecule has 1 unspecified atom stereocenters. The van der Waals surface area contributed by atoms with Gasteiger partial charge in [0.15, 0.2) is 5.82 Å². The number of benzene rings is 1. The molecule has 33 heavy (non-hydrogen) atoms. The van der Waals surface area contributed by atoms with E-state index in [0.717, 1.165) is 35.2 Å². The van der Waals surface area contributed by atoms with Crippen molar-refractivity contribution in [2.45, 2.75) is 38.3 Å². The van der Waals surface area contributed by atoms with Crippen LogP contribution < -0.4 is 21.1 Å². The molecule has 0 bridgehead atoms. The van der Waals surface area contributed by atoms with E-state index in [2.05, 4.69) is 27.4 Å². The fourth-order valence-corrected chi connectivity index (χ4v) is 4.63. The number of methoxy groups -OCH3 is 1. The van der Waals surface area contributed by atoms with Crippen molar-refractivity contribution in [1.29, 1.82) is 0 Å². The Balaban J connectivity index is 1.51. The maximum atomic E-state index is 12.8. The summed E-state index contributed by atoms with van der Waals surface area (Å²) in [5, 5.41) is 8.32. The molecule has 1 aliphatic carbocycles. The van der Waals surface area contributed by atoms with Gasteiger partial charge in [-0.05, 0) is 38.2 Å². The molecule has 0 amide bonds. The molecule has 9 heteroatoms. The summed E-state index contributed by atoms with van der Waals surface area (Å²) in [7, 11) is 3.48. The summed E-state index contributed by atoms with van der Waals surface area (Å²) in [6.45, 7) is 3.69. The molecule has 174 valence electrons. The molecule has 5 rings (SSSR count). The second-order valence-electron chi connectivity index (χ2n) is 9.01. The van der Waals surface area contributed by atoms with Crippen molar-refractivity contribution in [2.75, 3.05) is 35.8 Å². The van der Waals surface area contributed by atoms with Crippen molar-refractivity contribution in [1.82, 2.24) is 14.5 Å². The first kappa shape index (κ1) is 22.0. The number of fused-ring (bicyclic) bond motifs is 1. The molecule has 3 aromatic rings. The van der Waals surface area contributed by atoms with E-state index >= 15 is 0 Å². The smallest absolute Gasteiger partial charge is 0.252 e. The van der Waals surface area contributed by atoms with Crippen LogP contribution in [-0.2, 0) is 11.8 Å². The summed E-state index contributed by atoms with van der Waals surface area (Å²) in [4.78, 5) is 24.0. The normalized spacial score (nSPS) is 18.8. The lowest BCUT2D eigenvalue weighted by atomic mass is 10.1. The van der Waals surface area contributed by atoms with Gasteiger partial charge in [0.05, 0.1) is 30.0 Å². The van der Waals surface area contributed by atoms with Crippen molar-refractivity contribution >= 4 is 45.6 Å². The zero-order valence-electron chi connectivity index (χ0n) is 19.1. The Morgan fingerprint density at radius 3 is 2.79 bits per heavy atom. The summed E-state index contributed by atoms with van der Waals surface area (Å²) in [5.74, 6) is 1.80. The van der Waals surface area contributed by atoms with E-state index in [-0.39, 0.29) is 11.6 Å². The molecule has 1 saturated heterocycles. The van der Waals surface area contributed by atoms with Crippen LogP contribution in [0.15, 0.2) is 35.3 Å². The lowest BCUT2D eigenvalue weighted by Gasteiger charge is -2.40. The predicted octanol–water partition coefficient (Wildman–Crippen LogP) is 4.16. The van der Waals surface area contributed by atoms with Crippen molar-refractivity contribution < 1.29 is 4.74 Å². The number of anilines is 4. The highest BCUT2D eigenvalue weighted by Gasteiger charge is 2.31. The molecule has 1 saturated carbocycles. The number of nitrogens with one attached hydrogen (secondary N) is 2. The zero-order valence-corrected chi connectivity index (χ0v) is 19.9. The molecular weight excluding hydrogens is 440 g/mol. The molecular formula is C24H29ClN6O2. The number of nitrogens with zero attached hydrogens (tertiary/aromatic N) is 4. The monoisotopic (exact) mass is 468 g/mol. The van der Waals surface area contributed by atoms with Crippen LogP contribution in [0.5, 0.6) is 0 Å². The van der Waals surface area contributed by atoms with Gasteiger partial charge in [-0.15, -0.1) is 0 Å². The van der Waals surface area contributed by atoms with Crippen LogP contribution in [0.4, 0.5) is 23.1 Å². The second-order valence-corrected chi connectivity index (χ2v) is 9.42. The number of halogens is 1. The number of rotatable bonds is 8. The Bertz CT molecular complexity index is 1240. The molecule has 2 aliphatic rings. The van der Waals surface area contributed by atoms with Crippen LogP contribution in [0.2, 0.25) is 5.02 Å². The van der Waals surface area contributed by atoms with Gasteiger partial charge in [0, 0.05) is 43.9 Å². The molecule has 2 atom stereocenters. The number of aromatic nitrogens is 3. The van der Waals surface area contributed by atoms with Gasteiger partial charge in [-0.2, -0.15) is 4.98 Å². The zero-order chi connectivity index (χ0) is 23.1. The summed E-state index contributed by atoms with van der Waals surface area (Å²) < 4.78 is 6.96. The van der Waals surface area contributed by atoms with Gasteiger partial charge < -0.3 is 24.8 Å². The van der Waals surface area contributed by atoms with E-state index < -0.39 is 0 Å². The van der Waals surface area contributed by atoms with Gasteiger partial charge in [-0.3, -0.25) is 4.79 Å². The average molecular weight is 469 g/mol. The third-order valence-electron chi connectivity index (χ3n) is 6.72. The predicted molar refractivity (Wildman–Crippen MR) is 133 cm³/mol. The lowest BCUT2D eigenvalue weighted by Crippen LogP contribution is -2.51. The van der Waals surface area contributed by atoms with E-state index in [1.165, 1.54) is 12.8 Å². The summed E-state index contributed by atoms with van der Waals surface area (Å²) in [5.41, 5.74) is 2.35. The number of ether oxygens (including phenoxy) is 1. The van der Waals surface area contributed by atoms with Crippen molar-refractivity contribution in [3.05, 3.63) is 45.8 Å². The van der Waals surface area contributed by atoms with Crippen LogP contribution in [0.3, 0.4) is 0 Å². The SMILES string of the molecule is COCC1CCN1c1ncc(Cl)c(Nc2cccc3c(N[C@H](C)C4CC4)cc(=O)n(C)c23)n1. The van der Waals surface area contributed by atoms with Gasteiger partial charge in [0.2, 0.25) is 5.95 Å². The largest absolute Gasteiger partial charge is 0.383 e. The fourth-order valence-electron chi connectivity index (χ4n) is 4.49. The van der Waals surface area contributed by atoms with Crippen molar-refractivity contribution in [3.63, 3.8) is 0 Å². The topological polar surface area (TPSA) is 84.3 Å². The Labute approximate surface area is 197 Å². The van der Waals surface area contributed by atoms with Crippen molar-refractivity contribution in [2.24, 2.45) is 13.0 Å². The Hall–Kier alpha value is -2.84. The minimum absolute atomic E-state index is 0.0697. The maximum Gasteiger partial charge on any atom is 0.252 e. The number of pyridine rings is 1. The van der Waals surface area contributed by atoms with E-state index in [0.29, 0.717) is 35.4 Å². The van der Waals surface area contributed by atoms with E-state index in [1.807, 2.05) is 18.2 Å². The minimum Gasteiger partial charge on any atom is -0.383 e. The van der Waals surface area contributed by atoms with E-state index in [4.69, 9.17) is 21.3 Å². The molecule has 1 aliphatic heterocycles. The van der Waals surface area contributed by atoms with Gasteiger partial charge in [0.25, 0.3) is 5.56 Å². The molecule has 8 nitrogen and oxygen atoms in total. The molecule has 2 fully saturated rings. The summed E-state index contributed by atoms with van der Waals surface area (Å²) >= 11 is 6.46. The highest BCUT2D eigenvalue weighted by molar-refractivity contribution is 6.33. The van der Waals surface area contributed by atoms with Crippen LogP contribution >= 0.6 is 11.6 Å². The fraction of sp³-hybridized carbons (Fsp3) is 0.458. The van der Waals surface area contributed by atoms with Gasteiger partial charge in [0.1, 0.15) is 5.02 Å². The summed E-state index contributed by atoms with van der Waals surface area (Å²) in [6, 6.07) is 8.22. The lowest BCUT2D eigenvalue weighted by molar-refractivity contribution is 0.156. The van der Waals surface area contributed by atoms with Crippen molar-refractivity contribution in [3.8, 4) is 0 Å². The Morgan fingerprint density at radius 2 is 2.09 bits per heavy atom. The Kier molecular flexibility index (Phi) is 5.88. The third kappa shape index (κ3) is 4.25. The molecule has 2 aromatic heterocycles. The highest BCUT2D eigenvalue weighted by Crippen LogP contribution is 2.36. The first-order chi connectivity index (χ1) is 16.0. The quantitative estimate of drug-likeness (QED) is 0.513. The number of aryl methyl sites for hydroxylation is 1.